The average Bonchev–Trinajstić information content (AvgIpc) is 3.27. The first-order valence-corrected chi connectivity index (χ1v) is 9.58. The molecule has 3 aliphatic rings. The molecule has 2 heterocycles. The molecular formula is C21H28O5. The van der Waals surface area contributed by atoms with Gasteiger partial charge in [0, 0.05) is 22.0 Å². The van der Waals surface area contributed by atoms with E-state index >= 15 is 0 Å². The fourth-order valence-electron chi connectivity index (χ4n) is 6.03. The SMILES string of the molecule is COC(=O)C1=CCCC2C1(C)CCC(C)C21CC(c2ccoc2)OC1O. The van der Waals surface area contributed by atoms with E-state index in [0.29, 0.717) is 5.92 Å². The minimum Gasteiger partial charge on any atom is -0.472 e. The predicted octanol–water partition coefficient (Wildman–Crippen LogP) is 3.99. The van der Waals surface area contributed by atoms with Gasteiger partial charge in [-0.3, -0.25) is 0 Å². The molecule has 2 aliphatic carbocycles. The molecule has 0 aromatic carbocycles. The molecule has 26 heavy (non-hydrogen) atoms. The number of carbonyl (C=O) groups excluding carboxylic acids is 1. The lowest BCUT2D eigenvalue weighted by Crippen LogP contribution is -2.55. The summed E-state index contributed by atoms with van der Waals surface area (Å²) in [6.07, 6.45) is 8.82. The van der Waals surface area contributed by atoms with Crippen LogP contribution >= 0.6 is 0 Å². The van der Waals surface area contributed by atoms with E-state index in [-0.39, 0.29) is 28.8 Å². The van der Waals surface area contributed by atoms with Crippen LogP contribution in [0.2, 0.25) is 0 Å². The number of carbonyl (C=O) groups is 1. The van der Waals surface area contributed by atoms with Crippen LogP contribution in [0.15, 0.2) is 34.7 Å². The van der Waals surface area contributed by atoms with Crippen molar-refractivity contribution in [2.24, 2.45) is 22.7 Å². The number of fused-ring (bicyclic) bond motifs is 2. The van der Waals surface area contributed by atoms with Gasteiger partial charge in [-0.2, -0.15) is 0 Å². The van der Waals surface area contributed by atoms with E-state index in [9.17, 15) is 9.90 Å². The second-order valence-corrected chi connectivity index (χ2v) is 8.45. The average molecular weight is 360 g/mol. The molecule has 1 aliphatic heterocycles. The summed E-state index contributed by atoms with van der Waals surface area (Å²) in [5.74, 6) is 0.274. The third-order valence-corrected chi connectivity index (χ3v) is 7.46. The van der Waals surface area contributed by atoms with Crippen molar-refractivity contribution in [1.82, 2.24) is 0 Å². The summed E-state index contributed by atoms with van der Waals surface area (Å²) in [6, 6.07) is 1.91. The van der Waals surface area contributed by atoms with E-state index < -0.39 is 6.29 Å². The van der Waals surface area contributed by atoms with Gasteiger partial charge in [0.1, 0.15) is 0 Å². The van der Waals surface area contributed by atoms with Gasteiger partial charge in [-0.15, -0.1) is 0 Å². The maximum absolute atomic E-state index is 12.4. The zero-order chi connectivity index (χ0) is 18.5. The van der Waals surface area contributed by atoms with Gasteiger partial charge in [-0.25, -0.2) is 4.79 Å². The number of furan rings is 1. The summed E-state index contributed by atoms with van der Waals surface area (Å²) in [5, 5.41) is 11.1. The number of aliphatic hydroxyl groups is 1. The first-order valence-electron chi connectivity index (χ1n) is 9.58. The van der Waals surface area contributed by atoms with E-state index in [1.54, 1.807) is 12.5 Å². The standard InChI is InChI=1S/C21H28O5/c1-13-7-9-20(2)15(18(22)24-3)5-4-6-17(20)21(13)11-16(26-19(21)23)14-8-10-25-12-14/h5,8,10,12-13,16-17,19,23H,4,6-7,9,11H2,1-3H3. The maximum Gasteiger partial charge on any atom is 0.333 e. The van der Waals surface area contributed by atoms with Crippen LogP contribution < -0.4 is 0 Å². The summed E-state index contributed by atoms with van der Waals surface area (Å²) in [7, 11) is 1.44. The molecule has 1 saturated heterocycles. The maximum atomic E-state index is 12.4. The van der Waals surface area contributed by atoms with Crippen molar-refractivity contribution in [3.8, 4) is 0 Å². The third kappa shape index (κ3) is 2.33. The number of rotatable bonds is 2. The summed E-state index contributed by atoms with van der Waals surface area (Å²) >= 11 is 0. The second-order valence-electron chi connectivity index (χ2n) is 8.45. The predicted molar refractivity (Wildman–Crippen MR) is 94.9 cm³/mol. The van der Waals surface area contributed by atoms with E-state index in [4.69, 9.17) is 13.9 Å². The molecule has 4 rings (SSSR count). The van der Waals surface area contributed by atoms with E-state index in [0.717, 1.165) is 43.2 Å². The van der Waals surface area contributed by atoms with Crippen LogP contribution in [-0.4, -0.2) is 24.5 Å². The zero-order valence-electron chi connectivity index (χ0n) is 15.7. The molecule has 1 aromatic heterocycles. The van der Waals surface area contributed by atoms with Crippen LogP contribution in [0.1, 0.15) is 57.6 Å². The van der Waals surface area contributed by atoms with Crippen LogP contribution in [0.4, 0.5) is 0 Å². The number of allylic oxidation sites excluding steroid dienone is 1. The van der Waals surface area contributed by atoms with Crippen LogP contribution in [-0.2, 0) is 14.3 Å². The Morgan fingerprint density at radius 2 is 2.19 bits per heavy atom. The molecule has 0 amide bonds. The van der Waals surface area contributed by atoms with E-state index in [2.05, 4.69) is 13.8 Å². The van der Waals surface area contributed by atoms with Crippen molar-refractivity contribution in [3.05, 3.63) is 35.8 Å². The Kier molecular flexibility index (Phi) is 4.27. The van der Waals surface area contributed by atoms with Crippen molar-refractivity contribution in [3.63, 3.8) is 0 Å². The lowest BCUT2D eigenvalue weighted by molar-refractivity contribution is -0.197. The molecule has 6 atom stereocenters. The van der Waals surface area contributed by atoms with Crippen LogP contribution in [0.3, 0.4) is 0 Å². The molecule has 1 aromatic rings. The van der Waals surface area contributed by atoms with Crippen molar-refractivity contribution in [2.75, 3.05) is 7.11 Å². The van der Waals surface area contributed by atoms with Gasteiger partial charge in [-0.1, -0.05) is 19.9 Å². The molecular weight excluding hydrogens is 332 g/mol. The van der Waals surface area contributed by atoms with Crippen LogP contribution in [0.25, 0.3) is 0 Å². The second kappa shape index (κ2) is 6.24. The Balaban J connectivity index is 1.74. The molecule has 2 fully saturated rings. The van der Waals surface area contributed by atoms with Crippen molar-refractivity contribution < 1.29 is 23.8 Å². The molecule has 0 radical (unpaired) electrons. The van der Waals surface area contributed by atoms with Crippen LogP contribution in [0.5, 0.6) is 0 Å². The smallest absolute Gasteiger partial charge is 0.333 e. The van der Waals surface area contributed by atoms with Gasteiger partial charge in [0.15, 0.2) is 6.29 Å². The molecule has 142 valence electrons. The lowest BCUT2D eigenvalue weighted by atomic mass is 9.46. The largest absolute Gasteiger partial charge is 0.472 e. The number of esters is 1. The molecule has 5 heteroatoms. The number of aliphatic hydroxyl groups excluding tert-OH is 1. The first-order chi connectivity index (χ1) is 12.4. The quantitative estimate of drug-likeness (QED) is 0.808. The molecule has 6 unspecified atom stereocenters. The third-order valence-electron chi connectivity index (χ3n) is 7.46. The Morgan fingerprint density at radius 3 is 2.88 bits per heavy atom. The highest BCUT2D eigenvalue weighted by Crippen LogP contribution is 2.67. The fraction of sp³-hybridized carbons (Fsp3) is 0.667. The summed E-state index contributed by atoms with van der Waals surface area (Å²) in [5.41, 5.74) is 1.11. The summed E-state index contributed by atoms with van der Waals surface area (Å²) in [6.45, 7) is 4.39. The summed E-state index contributed by atoms with van der Waals surface area (Å²) < 4.78 is 16.3. The Bertz CT molecular complexity index is 708. The highest BCUT2D eigenvalue weighted by molar-refractivity contribution is 5.90. The summed E-state index contributed by atoms with van der Waals surface area (Å²) in [4.78, 5) is 12.4. The van der Waals surface area contributed by atoms with Gasteiger partial charge < -0.3 is 19.0 Å². The Hall–Kier alpha value is -1.59. The molecule has 1 spiro atoms. The number of methoxy groups -OCH3 is 1. The molecule has 1 N–H and O–H groups in total. The van der Waals surface area contributed by atoms with Crippen molar-refractivity contribution >= 4 is 5.97 Å². The molecule has 5 nitrogen and oxygen atoms in total. The number of hydrogen-bond donors (Lipinski definition) is 1. The highest BCUT2D eigenvalue weighted by Gasteiger charge is 2.64. The normalized spacial score (nSPS) is 42.4. The highest BCUT2D eigenvalue weighted by atomic mass is 16.6. The minimum atomic E-state index is -0.834. The molecule has 0 bridgehead atoms. The van der Waals surface area contributed by atoms with Gasteiger partial charge in [0.05, 0.1) is 25.7 Å². The van der Waals surface area contributed by atoms with E-state index in [1.165, 1.54) is 7.11 Å². The fourth-order valence-corrected chi connectivity index (χ4v) is 6.03. The monoisotopic (exact) mass is 360 g/mol. The van der Waals surface area contributed by atoms with Gasteiger partial charge >= 0.3 is 5.97 Å². The first kappa shape index (κ1) is 17.8. The van der Waals surface area contributed by atoms with Crippen molar-refractivity contribution in [2.45, 2.75) is 58.3 Å². The molecule has 1 saturated carbocycles. The number of hydrogen-bond acceptors (Lipinski definition) is 5. The van der Waals surface area contributed by atoms with E-state index in [1.807, 2.05) is 12.1 Å². The topological polar surface area (TPSA) is 68.9 Å². The number of ether oxygens (including phenoxy) is 2. The van der Waals surface area contributed by atoms with Crippen LogP contribution in [0, 0.1) is 22.7 Å². The van der Waals surface area contributed by atoms with Crippen molar-refractivity contribution in [1.29, 1.82) is 0 Å². The Labute approximate surface area is 154 Å². The van der Waals surface area contributed by atoms with Gasteiger partial charge in [0.2, 0.25) is 0 Å². The van der Waals surface area contributed by atoms with Gasteiger partial charge in [0.25, 0.3) is 0 Å². The minimum absolute atomic E-state index is 0.166. The van der Waals surface area contributed by atoms with Gasteiger partial charge in [-0.05, 0) is 50.0 Å². The zero-order valence-corrected chi connectivity index (χ0v) is 15.7. The lowest BCUT2D eigenvalue weighted by Gasteiger charge is -2.57. The Morgan fingerprint density at radius 1 is 1.38 bits per heavy atom.